The summed E-state index contributed by atoms with van der Waals surface area (Å²) in [5.74, 6) is 0. The minimum atomic E-state index is -0.292. The molecule has 0 amide bonds. The molecular weight excluding hydrogens is 160 g/mol. The molecule has 0 fully saturated rings. The molecule has 0 spiro atoms. The standard InChI is InChI=1S/C7H18N2O3/c8-1-2-11-3-4-12-6-7(9)5-10/h7,10H,1-6,8-9H2. The minimum absolute atomic E-state index is 0.0519. The lowest BCUT2D eigenvalue weighted by Crippen LogP contribution is -2.30. The molecule has 5 N–H and O–H groups in total. The number of hydrogen-bond donors (Lipinski definition) is 3. The van der Waals surface area contributed by atoms with Crippen molar-refractivity contribution in [1.29, 1.82) is 0 Å². The lowest BCUT2D eigenvalue weighted by atomic mass is 10.4. The number of nitrogens with two attached hydrogens (primary N) is 2. The lowest BCUT2D eigenvalue weighted by Gasteiger charge is -2.08. The summed E-state index contributed by atoms with van der Waals surface area (Å²) in [7, 11) is 0. The van der Waals surface area contributed by atoms with Crippen LogP contribution in [0.2, 0.25) is 0 Å². The largest absolute Gasteiger partial charge is 0.395 e. The number of rotatable bonds is 8. The first-order valence-electron chi connectivity index (χ1n) is 4.03. The zero-order valence-corrected chi connectivity index (χ0v) is 7.24. The first-order chi connectivity index (χ1) is 5.81. The summed E-state index contributed by atoms with van der Waals surface area (Å²) in [6, 6.07) is -0.292. The molecule has 0 aromatic heterocycles. The Balaban J connectivity index is 2.90. The third-order valence-electron chi connectivity index (χ3n) is 1.20. The summed E-state index contributed by atoms with van der Waals surface area (Å²) >= 11 is 0. The van der Waals surface area contributed by atoms with Gasteiger partial charge in [0, 0.05) is 6.54 Å². The van der Waals surface area contributed by atoms with E-state index in [0.717, 1.165) is 0 Å². The van der Waals surface area contributed by atoms with Gasteiger partial charge in [0.05, 0.1) is 39.1 Å². The first kappa shape index (κ1) is 11.8. The molecule has 0 aliphatic heterocycles. The van der Waals surface area contributed by atoms with Crippen molar-refractivity contribution >= 4 is 0 Å². The van der Waals surface area contributed by atoms with Gasteiger partial charge in [-0.15, -0.1) is 0 Å². The van der Waals surface area contributed by atoms with Crippen molar-refractivity contribution in [2.75, 3.05) is 39.6 Å². The maximum absolute atomic E-state index is 8.52. The average Bonchev–Trinajstić information content (AvgIpc) is 2.10. The van der Waals surface area contributed by atoms with Crippen molar-refractivity contribution in [3.05, 3.63) is 0 Å². The summed E-state index contributed by atoms with van der Waals surface area (Å²) in [4.78, 5) is 0. The molecule has 0 aliphatic rings. The fourth-order valence-corrected chi connectivity index (χ4v) is 0.591. The molecule has 0 heterocycles. The molecule has 0 saturated heterocycles. The summed E-state index contributed by atoms with van der Waals surface area (Å²) in [5, 5.41) is 8.52. The molecule has 0 aliphatic carbocycles. The molecule has 0 aromatic carbocycles. The lowest BCUT2D eigenvalue weighted by molar-refractivity contribution is 0.0392. The Labute approximate surface area is 72.6 Å². The van der Waals surface area contributed by atoms with Crippen molar-refractivity contribution < 1.29 is 14.6 Å². The van der Waals surface area contributed by atoms with Gasteiger partial charge in [-0.2, -0.15) is 0 Å². The molecule has 5 nitrogen and oxygen atoms in total. The van der Waals surface area contributed by atoms with Crippen LogP contribution in [0.1, 0.15) is 0 Å². The summed E-state index contributed by atoms with van der Waals surface area (Å²) in [5.41, 5.74) is 10.6. The molecular formula is C7H18N2O3. The van der Waals surface area contributed by atoms with Crippen molar-refractivity contribution in [2.45, 2.75) is 6.04 Å². The van der Waals surface area contributed by atoms with E-state index in [9.17, 15) is 0 Å². The zero-order valence-electron chi connectivity index (χ0n) is 7.24. The van der Waals surface area contributed by atoms with Crippen molar-refractivity contribution in [2.24, 2.45) is 11.5 Å². The van der Waals surface area contributed by atoms with E-state index in [4.69, 9.17) is 26.0 Å². The third-order valence-corrected chi connectivity index (χ3v) is 1.20. The molecule has 1 atom stereocenters. The molecule has 12 heavy (non-hydrogen) atoms. The monoisotopic (exact) mass is 178 g/mol. The zero-order chi connectivity index (χ0) is 9.23. The topological polar surface area (TPSA) is 90.7 Å². The van der Waals surface area contributed by atoms with E-state index < -0.39 is 0 Å². The van der Waals surface area contributed by atoms with E-state index in [-0.39, 0.29) is 12.6 Å². The van der Waals surface area contributed by atoms with Crippen LogP contribution in [0.25, 0.3) is 0 Å². The summed E-state index contributed by atoms with van der Waals surface area (Å²) in [6.45, 7) is 2.40. The maximum atomic E-state index is 8.52. The Morgan fingerprint density at radius 3 is 2.42 bits per heavy atom. The van der Waals surface area contributed by atoms with E-state index >= 15 is 0 Å². The summed E-state index contributed by atoms with van der Waals surface area (Å²) < 4.78 is 10.1. The molecule has 1 unspecified atom stereocenters. The van der Waals surface area contributed by atoms with Gasteiger partial charge in [0.15, 0.2) is 0 Å². The highest BCUT2D eigenvalue weighted by molar-refractivity contribution is 4.55. The maximum Gasteiger partial charge on any atom is 0.0701 e. The SMILES string of the molecule is NCCOCCOCC(N)CO. The van der Waals surface area contributed by atoms with Gasteiger partial charge in [-0.3, -0.25) is 0 Å². The Morgan fingerprint density at radius 1 is 1.17 bits per heavy atom. The molecule has 0 rings (SSSR count). The molecule has 0 bridgehead atoms. The van der Waals surface area contributed by atoms with Crippen LogP contribution in [0, 0.1) is 0 Å². The summed E-state index contributed by atoms with van der Waals surface area (Å²) in [6.07, 6.45) is 0. The van der Waals surface area contributed by atoms with Gasteiger partial charge in [0.1, 0.15) is 0 Å². The van der Waals surface area contributed by atoms with Gasteiger partial charge >= 0.3 is 0 Å². The van der Waals surface area contributed by atoms with Crippen molar-refractivity contribution in [3.63, 3.8) is 0 Å². The van der Waals surface area contributed by atoms with Gasteiger partial charge in [-0.05, 0) is 0 Å². The minimum Gasteiger partial charge on any atom is -0.395 e. The van der Waals surface area contributed by atoms with Crippen LogP contribution in [0.3, 0.4) is 0 Å². The Morgan fingerprint density at radius 2 is 1.83 bits per heavy atom. The number of hydrogen-bond acceptors (Lipinski definition) is 5. The quantitative estimate of drug-likeness (QED) is 0.385. The highest BCUT2D eigenvalue weighted by Gasteiger charge is 1.98. The Kier molecular flexibility index (Phi) is 8.74. The van der Waals surface area contributed by atoms with Crippen LogP contribution >= 0.6 is 0 Å². The second kappa shape index (κ2) is 8.89. The van der Waals surface area contributed by atoms with E-state index in [1.54, 1.807) is 0 Å². The Hall–Kier alpha value is -0.200. The van der Waals surface area contributed by atoms with Gasteiger partial charge in [0.25, 0.3) is 0 Å². The first-order valence-corrected chi connectivity index (χ1v) is 4.03. The highest BCUT2D eigenvalue weighted by atomic mass is 16.5. The fourth-order valence-electron chi connectivity index (χ4n) is 0.591. The van der Waals surface area contributed by atoms with Crippen LogP contribution in [0.5, 0.6) is 0 Å². The molecule has 74 valence electrons. The molecule has 0 radical (unpaired) electrons. The number of ether oxygens (including phenoxy) is 2. The van der Waals surface area contributed by atoms with Crippen LogP contribution in [-0.4, -0.2) is 50.7 Å². The van der Waals surface area contributed by atoms with Crippen LogP contribution in [0.4, 0.5) is 0 Å². The fraction of sp³-hybridized carbons (Fsp3) is 1.00. The highest BCUT2D eigenvalue weighted by Crippen LogP contribution is 1.81. The Bertz CT molecular complexity index is 92.7. The predicted octanol–water partition coefficient (Wildman–Crippen LogP) is -1.70. The van der Waals surface area contributed by atoms with Gasteiger partial charge in [-0.25, -0.2) is 0 Å². The van der Waals surface area contributed by atoms with E-state index in [1.165, 1.54) is 0 Å². The van der Waals surface area contributed by atoms with Gasteiger partial charge < -0.3 is 26.0 Å². The normalized spacial score (nSPS) is 13.2. The number of aliphatic hydroxyl groups excluding tert-OH is 1. The second-order valence-electron chi connectivity index (χ2n) is 2.42. The van der Waals surface area contributed by atoms with E-state index in [2.05, 4.69) is 0 Å². The van der Waals surface area contributed by atoms with E-state index in [1.807, 2.05) is 0 Å². The van der Waals surface area contributed by atoms with Crippen LogP contribution in [-0.2, 0) is 9.47 Å². The van der Waals surface area contributed by atoms with Gasteiger partial charge in [0.2, 0.25) is 0 Å². The van der Waals surface area contributed by atoms with Gasteiger partial charge in [-0.1, -0.05) is 0 Å². The van der Waals surface area contributed by atoms with Crippen LogP contribution in [0.15, 0.2) is 0 Å². The second-order valence-corrected chi connectivity index (χ2v) is 2.42. The molecule has 5 heteroatoms. The molecule has 0 saturated carbocycles. The van der Waals surface area contributed by atoms with Crippen LogP contribution < -0.4 is 11.5 Å². The predicted molar refractivity (Wildman–Crippen MR) is 45.8 cm³/mol. The van der Waals surface area contributed by atoms with E-state index in [0.29, 0.717) is 33.0 Å². The van der Waals surface area contributed by atoms with Crippen molar-refractivity contribution in [1.82, 2.24) is 0 Å². The smallest absolute Gasteiger partial charge is 0.0701 e. The average molecular weight is 178 g/mol. The third kappa shape index (κ3) is 7.90. The molecule has 0 aromatic rings. The number of aliphatic hydroxyl groups is 1. The van der Waals surface area contributed by atoms with Crippen molar-refractivity contribution in [3.8, 4) is 0 Å².